The molecule has 21 heavy (non-hydrogen) atoms. The fourth-order valence-corrected chi connectivity index (χ4v) is 4.81. The van der Waals surface area contributed by atoms with Gasteiger partial charge in [0.15, 0.2) is 0 Å². The van der Waals surface area contributed by atoms with Crippen LogP contribution in [0.3, 0.4) is 0 Å². The van der Waals surface area contributed by atoms with Crippen LogP contribution in [0.5, 0.6) is 0 Å². The number of nitrogens with two attached hydrogens (primary N) is 1. The summed E-state index contributed by atoms with van der Waals surface area (Å²) >= 11 is 4.45. The van der Waals surface area contributed by atoms with Crippen molar-refractivity contribution in [3.05, 3.63) is 14.7 Å². The molecule has 0 aromatic carbocycles. The van der Waals surface area contributed by atoms with Crippen molar-refractivity contribution in [2.24, 2.45) is 11.1 Å². The zero-order valence-electron chi connectivity index (χ0n) is 11.0. The van der Waals surface area contributed by atoms with Gasteiger partial charge in [0.25, 0.3) is 0 Å². The Kier molecular flexibility index (Phi) is 4.71. The number of primary sulfonamides is 1. The lowest BCUT2D eigenvalue weighted by molar-refractivity contribution is -0.117. The molecule has 0 spiro atoms. The molecule has 0 aliphatic carbocycles. The zero-order valence-corrected chi connectivity index (χ0v) is 14.3. The summed E-state index contributed by atoms with van der Waals surface area (Å²) in [5.74, 6) is -1.43. The predicted octanol–water partition coefficient (Wildman–Crippen LogP) is 0.939. The fourth-order valence-electron chi connectivity index (χ4n) is 2.26. The molecule has 0 saturated carbocycles. The lowest BCUT2D eigenvalue weighted by atomic mass is 10.1. The highest BCUT2D eigenvalue weighted by Gasteiger charge is 2.36. The third-order valence-corrected chi connectivity index (χ3v) is 5.83. The summed E-state index contributed by atoms with van der Waals surface area (Å²) in [7, 11) is -2.38. The lowest BCUT2D eigenvalue weighted by Crippen LogP contribution is -2.28. The summed E-state index contributed by atoms with van der Waals surface area (Å²) in [6.07, 6.45) is 0.0827. The Balaban J connectivity index is 2.29. The first-order chi connectivity index (χ1) is 9.73. The molecule has 2 N–H and O–H groups in total. The van der Waals surface area contributed by atoms with Crippen molar-refractivity contribution >= 4 is 54.9 Å². The smallest absolute Gasteiger partial charge is 0.350 e. The highest BCUT2D eigenvalue weighted by molar-refractivity contribution is 9.10. The molecule has 0 radical (unpaired) electrons. The van der Waals surface area contributed by atoms with Gasteiger partial charge in [-0.1, -0.05) is 0 Å². The van der Waals surface area contributed by atoms with Gasteiger partial charge in [0.2, 0.25) is 15.9 Å². The van der Waals surface area contributed by atoms with Crippen molar-refractivity contribution in [1.29, 1.82) is 0 Å². The van der Waals surface area contributed by atoms with E-state index in [1.807, 2.05) is 0 Å². The Morgan fingerprint density at radius 2 is 2.29 bits per heavy atom. The molecular weight excluding hydrogens is 384 g/mol. The van der Waals surface area contributed by atoms with Crippen LogP contribution in [0.15, 0.2) is 9.85 Å². The molecule has 7 nitrogen and oxygen atoms in total. The molecule has 1 aliphatic rings. The minimum atomic E-state index is -3.64. The number of amides is 1. The molecule has 1 aromatic rings. The second-order valence-corrected chi connectivity index (χ2v) is 8.05. The molecule has 1 saturated heterocycles. The molecule has 1 atom stereocenters. The average molecular weight is 397 g/mol. The van der Waals surface area contributed by atoms with Crippen molar-refractivity contribution in [1.82, 2.24) is 0 Å². The number of esters is 1. The van der Waals surface area contributed by atoms with E-state index in [0.717, 1.165) is 11.3 Å². The van der Waals surface area contributed by atoms with E-state index < -0.39 is 16.0 Å². The predicted molar refractivity (Wildman–Crippen MR) is 81.8 cm³/mol. The normalized spacial score (nSPS) is 19.1. The van der Waals surface area contributed by atoms with Crippen LogP contribution in [0.2, 0.25) is 0 Å². The third kappa shape index (κ3) is 3.62. The molecule has 1 aromatic heterocycles. The average Bonchev–Trinajstić information content (AvgIpc) is 2.89. The van der Waals surface area contributed by atoms with Gasteiger partial charge in [-0.05, 0) is 15.9 Å². The maximum Gasteiger partial charge on any atom is 0.350 e. The van der Waals surface area contributed by atoms with E-state index in [1.165, 1.54) is 12.0 Å². The van der Waals surface area contributed by atoms with Crippen molar-refractivity contribution in [2.75, 3.05) is 24.3 Å². The van der Waals surface area contributed by atoms with Crippen LogP contribution in [0, 0.1) is 5.92 Å². The van der Waals surface area contributed by atoms with Crippen LogP contribution in [0.25, 0.3) is 0 Å². The van der Waals surface area contributed by atoms with Crippen molar-refractivity contribution in [3.8, 4) is 0 Å². The number of rotatable bonds is 4. The Labute approximate surface area is 134 Å². The molecule has 10 heteroatoms. The second-order valence-electron chi connectivity index (χ2n) is 4.66. The minimum absolute atomic E-state index is 0.0827. The number of hydrogen-bond donors (Lipinski definition) is 1. The highest BCUT2D eigenvalue weighted by atomic mass is 79.9. The maximum atomic E-state index is 12.1. The van der Waals surface area contributed by atoms with Crippen LogP contribution in [0.4, 0.5) is 5.69 Å². The van der Waals surface area contributed by atoms with Gasteiger partial charge in [-0.3, -0.25) is 4.79 Å². The standard InChI is InChI=1S/C11H13BrN2O5S2/c1-19-11(16)10-9(7(12)4-20-10)14-3-6(2-8(14)15)5-21(13,17)18/h4,6H,2-3,5H2,1H3,(H2,13,17,18). The molecule has 0 bridgehead atoms. The first-order valence-electron chi connectivity index (χ1n) is 5.89. The zero-order chi connectivity index (χ0) is 15.8. The van der Waals surface area contributed by atoms with Crippen LogP contribution in [-0.2, 0) is 19.6 Å². The van der Waals surface area contributed by atoms with Crippen molar-refractivity contribution in [3.63, 3.8) is 0 Å². The van der Waals surface area contributed by atoms with Crippen molar-refractivity contribution in [2.45, 2.75) is 6.42 Å². The number of thiophene rings is 1. The summed E-state index contributed by atoms with van der Waals surface area (Å²) in [5.41, 5.74) is 0.425. The SMILES string of the molecule is COC(=O)c1scc(Br)c1N1CC(CS(N)(=O)=O)CC1=O. The van der Waals surface area contributed by atoms with E-state index in [9.17, 15) is 18.0 Å². The van der Waals surface area contributed by atoms with Crippen LogP contribution < -0.4 is 10.0 Å². The Morgan fingerprint density at radius 3 is 2.86 bits per heavy atom. The summed E-state index contributed by atoms with van der Waals surface area (Å²) in [6.45, 7) is 0.203. The van der Waals surface area contributed by atoms with Gasteiger partial charge >= 0.3 is 5.97 Å². The number of anilines is 1. The first kappa shape index (κ1) is 16.4. The van der Waals surface area contributed by atoms with Gasteiger partial charge in [0, 0.05) is 24.3 Å². The quantitative estimate of drug-likeness (QED) is 0.761. The lowest BCUT2D eigenvalue weighted by Gasteiger charge is -2.17. The van der Waals surface area contributed by atoms with Crippen molar-refractivity contribution < 1.29 is 22.7 Å². The van der Waals surface area contributed by atoms with Crippen LogP contribution in [0.1, 0.15) is 16.1 Å². The molecule has 2 rings (SSSR count). The molecule has 1 unspecified atom stereocenters. The summed E-state index contributed by atoms with van der Waals surface area (Å²) < 4.78 is 27.6. The van der Waals surface area contributed by atoms with E-state index in [0.29, 0.717) is 15.0 Å². The monoisotopic (exact) mass is 396 g/mol. The number of nitrogens with zero attached hydrogens (tertiary/aromatic N) is 1. The van der Waals surface area contributed by atoms with E-state index in [2.05, 4.69) is 20.7 Å². The number of sulfonamides is 1. The molecular formula is C11H13BrN2O5S2. The Morgan fingerprint density at radius 1 is 1.62 bits per heavy atom. The number of ether oxygens (including phenoxy) is 1. The first-order valence-corrected chi connectivity index (χ1v) is 9.28. The van der Waals surface area contributed by atoms with E-state index in [4.69, 9.17) is 5.14 Å². The summed E-state index contributed by atoms with van der Waals surface area (Å²) in [6, 6.07) is 0. The Hall–Kier alpha value is -0.970. The fraction of sp³-hybridized carbons (Fsp3) is 0.455. The molecule has 1 amide bonds. The minimum Gasteiger partial charge on any atom is -0.465 e. The number of halogens is 1. The highest BCUT2D eigenvalue weighted by Crippen LogP contribution is 2.39. The van der Waals surface area contributed by atoms with Gasteiger partial charge in [-0.2, -0.15) is 0 Å². The van der Waals surface area contributed by atoms with Gasteiger partial charge < -0.3 is 9.64 Å². The summed E-state index contributed by atoms with van der Waals surface area (Å²) in [5, 5.41) is 6.70. The van der Waals surface area contributed by atoms with Crippen LogP contribution >= 0.6 is 27.3 Å². The van der Waals surface area contributed by atoms with E-state index >= 15 is 0 Å². The number of carbonyl (C=O) groups is 2. The van der Waals surface area contributed by atoms with Gasteiger partial charge in [0.1, 0.15) is 4.88 Å². The van der Waals surface area contributed by atoms with Crippen LogP contribution in [-0.4, -0.2) is 39.7 Å². The van der Waals surface area contributed by atoms with Gasteiger partial charge in [-0.15, -0.1) is 11.3 Å². The number of carbonyl (C=O) groups excluding carboxylic acids is 2. The van der Waals surface area contributed by atoms with E-state index in [-0.39, 0.29) is 30.5 Å². The summed E-state index contributed by atoms with van der Waals surface area (Å²) in [4.78, 5) is 25.5. The second kappa shape index (κ2) is 6.03. The molecule has 116 valence electrons. The molecule has 2 heterocycles. The van der Waals surface area contributed by atoms with Gasteiger partial charge in [-0.25, -0.2) is 18.4 Å². The van der Waals surface area contributed by atoms with E-state index in [1.54, 1.807) is 5.38 Å². The maximum absolute atomic E-state index is 12.1. The number of hydrogen-bond acceptors (Lipinski definition) is 6. The third-order valence-electron chi connectivity index (χ3n) is 3.04. The van der Waals surface area contributed by atoms with Gasteiger partial charge in [0.05, 0.1) is 23.0 Å². The largest absolute Gasteiger partial charge is 0.465 e. The molecule has 1 fully saturated rings. The topological polar surface area (TPSA) is 107 Å². The number of methoxy groups -OCH3 is 1. The molecule has 1 aliphatic heterocycles. The Bertz CT molecular complexity index is 685.